The highest BCUT2D eigenvalue weighted by Crippen LogP contribution is 2.48. The Morgan fingerprint density at radius 1 is 1.12 bits per heavy atom. The molecule has 2 nitrogen and oxygen atoms in total. The monoisotopic (exact) mass is 256 g/mol. The molecule has 1 fully saturated rings. The first kappa shape index (κ1) is 12.0. The molecule has 0 amide bonds. The van der Waals surface area contributed by atoms with Gasteiger partial charge in [-0.3, -0.25) is 0 Å². The Morgan fingerprint density at radius 3 is 2.38 bits per heavy atom. The lowest BCUT2D eigenvalue weighted by Gasteiger charge is -2.16. The highest BCUT2D eigenvalue weighted by Gasteiger charge is 2.22. The molecule has 0 N–H and O–H groups in total. The van der Waals surface area contributed by atoms with E-state index in [2.05, 4.69) is 13.0 Å². The Morgan fingerprint density at radius 2 is 1.81 bits per heavy atom. The van der Waals surface area contributed by atoms with Crippen LogP contribution >= 0.6 is 23.5 Å². The van der Waals surface area contributed by atoms with Crippen LogP contribution in [0.3, 0.4) is 0 Å². The second-order valence-corrected chi connectivity index (χ2v) is 6.34. The molecule has 88 valence electrons. The third kappa shape index (κ3) is 2.28. The van der Waals surface area contributed by atoms with Crippen molar-refractivity contribution in [2.24, 2.45) is 0 Å². The van der Waals surface area contributed by atoms with Crippen molar-refractivity contribution in [3.05, 3.63) is 23.3 Å². The van der Waals surface area contributed by atoms with Gasteiger partial charge in [-0.05, 0) is 24.1 Å². The van der Waals surface area contributed by atoms with Gasteiger partial charge in [-0.2, -0.15) is 0 Å². The van der Waals surface area contributed by atoms with Crippen LogP contribution in [0, 0.1) is 6.92 Å². The zero-order valence-corrected chi connectivity index (χ0v) is 11.4. The van der Waals surface area contributed by atoms with Crippen LogP contribution in [0.15, 0.2) is 12.1 Å². The molecule has 4 heteroatoms. The Hall–Kier alpha value is -0.480. The molecule has 1 aliphatic rings. The number of hydrogen-bond donors (Lipinski definition) is 0. The maximum absolute atomic E-state index is 5.39. The van der Waals surface area contributed by atoms with E-state index in [9.17, 15) is 0 Å². The molecule has 0 aromatic heterocycles. The average Bonchev–Trinajstić information content (AvgIpc) is 2.83. The molecule has 0 spiro atoms. The number of thioether (sulfide) groups is 2. The van der Waals surface area contributed by atoms with E-state index < -0.39 is 0 Å². The van der Waals surface area contributed by atoms with Crippen molar-refractivity contribution < 1.29 is 9.47 Å². The van der Waals surface area contributed by atoms with Crippen molar-refractivity contribution in [1.82, 2.24) is 0 Å². The van der Waals surface area contributed by atoms with E-state index in [1.165, 1.54) is 22.6 Å². The Kier molecular flexibility index (Phi) is 3.92. The predicted molar refractivity (Wildman–Crippen MR) is 71.9 cm³/mol. The number of benzene rings is 1. The molecule has 1 aromatic rings. The van der Waals surface area contributed by atoms with E-state index >= 15 is 0 Å². The summed E-state index contributed by atoms with van der Waals surface area (Å²) in [5.74, 6) is 4.26. The molecular weight excluding hydrogens is 240 g/mol. The summed E-state index contributed by atoms with van der Waals surface area (Å²) < 4.78 is 11.2. The molecule has 0 aliphatic carbocycles. The third-order valence-corrected chi connectivity index (χ3v) is 5.77. The van der Waals surface area contributed by atoms with Crippen LogP contribution in [0.1, 0.15) is 15.7 Å². The maximum Gasteiger partial charge on any atom is 0.125 e. The highest BCUT2D eigenvalue weighted by molar-refractivity contribution is 8.19. The van der Waals surface area contributed by atoms with E-state index in [0.717, 1.165) is 11.5 Å². The lowest BCUT2D eigenvalue weighted by atomic mass is 10.1. The average molecular weight is 256 g/mol. The smallest absolute Gasteiger partial charge is 0.125 e. The second kappa shape index (κ2) is 5.23. The van der Waals surface area contributed by atoms with Crippen LogP contribution in [-0.4, -0.2) is 25.7 Å². The molecule has 0 radical (unpaired) electrons. The van der Waals surface area contributed by atoms with Crippen molar-refractivity contribution in [3.8, 4) is 11.5 Å². The number of hydrogen-bond acceptors (Lipinski definition) is 4. The highest BCUT2D eigenvalue weighted by atomic mass is 32.2. The first-order chi connectivity index (χ1) is 7.76. The summed E-state index contributed by atoms with van der Waals surface area (Å²) in [6, 6.07) is 4.08. The Balaban J connectivity index is 2.41. The van der Waals surface area contributed by atoms with Crippen LogP contribution in [0.4, 0.5) is 0 Å². The lowest BCUT2D eigenvalue weighted by Crippen LogP contribution is -1.97. The topological polar surface area (TPSA) is 18.5 Å². The molecule has 0 unspecified atom stereocenters. The van der Waals surface area contributed by atoms with Crippen molar-refractivity contribution >= 4 is 23.5 Å². The van der Waals surface area contributed by atoms with Crippen LogP contribution in [0.25, 0.3) is 0 Å². The van der Waals surface area contributed by atoms with Gasteiger partial charge in [-0.1, -0.05) is 0 Å². The number of ether oxygens (including phenoxy) is 2. The SMILES string of the molecule is COc1cc(OC)c(C)c(C2SCCS2)c1. The first-order valence-electron chi connectivity index (χ1n) is 5.22. The summed E-state index contributed by atoms with van der Waals surface area (Å²) in [7, 11) is 3.41. The predicted octanol–water partition coefficient (Wildman–Crippen LogP) is 3.49. The molecule has 0 atom stereocenters. The second-order valence-electron chi connectivity index (χ2n) is 3.62. The van der Waals surface area contributed by atoms with E-state index in [1.807, 2.05) is 29.6 Å². The minimum absolute atomic E-state index is 0.531. The van der Waals surface area contributed by atoms with Gasteiger partial charge in [0.25, 0.3) is 0 Å². The molecule has 1 heterocycles. The zero-order chi connectivity index (χ0) is 11.5. The fraction of sp³-hybridized carbons (Fsp3) is 0.500. The lowest BCUT2D eigenvalue weighted by molar-refractivity contribution is 0.391. The molecule has 16 heavy (non-hydrogen) atoms. The van der Waals surface area contributed by atoms with E-state index in [4.69, 9.17) is 9.47 Å². The normalized spacial score (nSPS) is 16.4. The van der Waals surface area contributed by atoms with Crippen molar-refractivity contribution in [1.29, 1.82) is 0 Å². The van der Waals surface area contributed by atoms with Crippen LogP contribution in [-0.2, 0) is 0 Å². The number of rotatable bonds is 3. The van der Waals surface area contributed by atoms with E-state index in [0.29, 0.717) is 4.58 Å². The fourth-order valence-corrected chi connectivity index (χ4v) is 4.80. The van der Waals surface area contributed by atoms with Crippen LogP contribution < -0.4 is 9.47 Å². The molecule has 2 rings (SSSR count). The summed E-state index contributed by atoms with van der Waals surface area (Å²) in [6.07, 6.45) is 0. The minimum Gasteiger partial charge on any atom is -0.497 e. The third-order valence-electron chi connectivity index (χ3n) is 2.71. The fourth-order valence-electron chi connectivity index (χ4n) is 1.80. The summed E-state index contributed by atoms with van der Waals surface area (Å²) >= 11 is 4.00. The Bertz CT molecular complexity index is 374. The summed E-state index contributed by atoms with van der Waals surface area (Å²) in [5, 5.41) is 0. The van der Waals surface area contributed by atoms with Crippen LogP contribution in [0.2, 0.25) is 0 Å². The standard InChI is InChI=1S/C12H16O2S2/c1-8-10(12-15-4-5-16-12)6-9(13-2)7-11(8)14-3/h6-7,12H,4-5H2,1-3H3. The molecule has 1 aromatic carbocycles. The van der Waals surface area contributed by atoms with Gasteiger partial charge >= 0.3 is 0 Å². The molecule has 1 aliphatic heterocycles. The first-order valence-corrected chi connectivity index (χ1v) is 7.31. The molecule has 1 saturated heterocycles. The quantitative estimate of drug-likeness (QED) is 0.823. The number of methoxy groups -OCH3 is 2. The van der Waals surface area contributed by atoms with Gasteiger partial charge < -0.3 is 9.47 Å². The summed E-state index contributed by atoms with van der Waals surface area (Å²) in [6.45, 7) is 2.12. The molecular formula is C12H16O2S2. The van der Waals surface area contributed by atoms with E-state index in [1.54, 1.807) is 14.2 Å². The van der Waals surface area contributed by atoms with Crippen molar-refractivity contribution in [2.75, 3.05) is 25.7 Å². The van der Waals surface area contributed by atoms with E-state index in [-0.39, 0.29) is 0 Å². The van der Waals surface area contributed by atoms with Crippen molar-refractivity contribution in [3.63, 3.8) is 0 Å². The Labute approximate surface area is 105 Å². The van der Waals surface area contributed by atoms with Crippen molar-refractivity contribution in [2.45, 2.75) is 11.5 Å². The maximum atomic E-state index is 5.39. The van der Waals surface area contributed by atoms with Gasteiger partial charge in [0.2, 0.25) is 0 Å². The molecule has 0 saturated carbocycles. The summed E-state index contributed by atoms with van der Waals surface area (Å²) in [4.78, 5) is 0. The van der Waals surface area contributed by atoms with Gasteiger partial charge in [0.15, 0.2) is 0 Å². The van der Waals surface area contributed by atoms with Gasteiger partial charge in [0.1, 0.15) is 11.5 Å². The van der Waals surface area contributed by atoms with Gasteiger partial charge in [0, 0.05) is 17.6 Å². The van der Waals surface area contributed by atoms with Gasteiger partial charge in [-0.25, -0.2) is 0 Å². The minimum atomic E-state index is 0.531. The van der Waals surface area contributed by atoms with Gasteiger partial charge in [-0.15, -0.1) is 23.5 Å². The largest absolute Gasteiger partial charge is 0.497 e. The van der Waals surface area contributed by atoms with Crippen LogP contribution in [0.5, 0.6) is 11.5 Å². The molecule has 0 bridgehead atoms. The summed E-state index contributed by atoms with van der Waals surface area (Å²) in [5.41, 5.74) is 2.57. The zero-order valence-electron chi connectivity index (χ0n) is 9.78. The van der Waals surface area contributed by atoms with Gasteiger partial charge in [0.05, 0.1) is 18.8 Å².